The number of carbonyl (C=O) groups excluding carboxylic acids is 1. The predicted molar refractivity (Wildman–Crippen MR) is 74.6 cm³/mol. The van der Waals surface area contributed by atoms with Crippen LogP contribution in [0.3, 0.4) is 0 Å². The predicted octanol–water partition coefficient (Wildman–Crippen LogP) is 4.38. The zero-order valence-corrected chi connectivity index (χ0v) is 11.6. The maximum atomic E-state index is 13.6. The van der Waals surface area contributed by atoms with Gasteiger partial charge in [0.15, 0.2) is 5.78 Å². The Hall–Kier alpha value is -2.47. The van der Waals surface area contributed by atoms with Crippen LogP contribution >= 0.6 is 11.6 Å². The van der Waals surface area contributed by atoms with E-state index in [1.807, 2.05) is 0 Å². The summed E-state index contributed by atoms with van der Waals surface area (Å²) in [6, 6.07) is 7.68. The Labute approximate surface area is 124 Å². The number of nitrogens with zero attached hydrogens (tertiary/aromatic N) is 1. The maximum absolute atomic E-state index is 13.6. The van der Waals surface area contributed by atoms with Gasteiger partial charge >= 0.3 is 0 Å². The Morgan fingerprint density at radius 1 is 1.33 bits per heavy atom. The smallest absolute Gasteiger partial charge is 0.288 e. The first-order valence-electron chi connectivity index (χ1n) is 5.81. The molecule has 0 aliphatic rings. The van der Waals surface area contributed by atoms with Crippen LogP contribution in [0.15, 0.2) is 36.4 Å². The number of hydrogen-bond acceptors (Lipinski definition) is 4. The van der Waals surface area contributed by atoms with Gasteiger partial charge in [-0.2, -0.15) is 0 Å². The lowest BCUT2D eigenvalue weighted by Crippen LogP contribution is -2.01. The Balaban J connectivity index is 2.39. The molecule has 0 N–H and O–H groups in total. The van der Waals surface area contributed by atoms with E-state index in [9.17, 15) is 19.3 Å². The molecular formula is C14H9ClFNO4. The number of nitro groups is 1. The molecule has 7 heteroatoms. The van der Waals surface area contributed by atoms with Crippen molar-refractivity contribution in [2.45, 2.75) is 6.92 Å². The molecule has 0 aliphatic carbocycles. The molecule has 0 aromatic heterocycles. The van der Waals surface area contributed by atoms with Gasteiger partial charge in [-0.25, -0.2) is 4.39 Å². The van der Waals surface area contributed by atoms with Crippen LogP contribution in [0.2, 0.25) is 5.02 Å². The number of benzene rings is 2. The highest BCUT2D eigenvalue weighted by molar-refractivity contribution is 6.32. The normalized spacial score (nSPS) is 10.2. The fraction of sp³-hybridized carbons (Fsp3) is 0.0714. The number of nitro benzene ring substituents is 1. The third-order valence-electron chi connectivity index (χ3n) is 2.67. The Morgan fingerprint density at radius 2 is 2.05 bits per heavy atom. The van der Waals surface area contributed by atoms with Crippen molar-refractivity contribution in [3.05, 3.63) is 62.9 Å². The van der Waals surface area contributed by atoms with Crippen LogP contribution in [0.1, 0.15) is 17.3 Å². The summed E-state index contributed by atoms with van der Waals surface area (Å²) in [7, 11) is 0. The highest BCUT2D eigenvalue weighted by atomic mass is 35.5. The number of rotatable bonds is 4. The number of ether oxygens (including phenoxy) is 1. The van der Waals surface area contributed by atoms with E-state index < -0.39 is 16.5 Å². The number of carbonyl (C=O) groups is 1. The van der Waals surface area contributed by atoms with Gasteiger partial charge in [-0.15, -0.1) is 0 Å². The van der Waals surface area contributed by atoms with E-state index in [0.717, 1.165) is 6.07 Å². The molecule has 0 aliphatic heterocycles. The molecule has 2 rings (SSSR count). The molecule has 108 valence electrons. The first-order chi connectivity index (χ1) is 9.90. The minimum atomic E-state index is -0.701. The monoisotopic (exact) mass is 309 g/mol. The summed E-state index contributed by atoms with van der Waals surface area (Å²) >= 11 is 5.76. The average Bonchev–Trinajstić information content (AvgIpc) is 2.37. The molecule has 0 unspecified atom stereocenters. The van der Waals surface area contributed by atoms with Crippen molar-refractivity contribution in [3.63, 3.8) is 0 Å². The van der Waals surface area contributed by atoms with Crippen molar-refractivity contribution in [1.82, 2.24) is 0 Å². The Bertz CT molecular complexity index is 733. The topological polar surface area (TPSA) is 69.4 Å². The third kappa shape index (κ3) is 3.17. The van der Waals surface area contributed by atoms with Gasteiger partial charge in [0.25, 0.3) is 5.69 Å². The van der Waals surface area contributed by atoms with E-state index in [4.69, 9.17) is 16.3 Å². The van der Waals surface area contributed by atoms with Gasteiger partial charge in [0.05, 0.1) is 10.5 Å². The lowest BCUT2D eigenvalue weighted by Gasteiger charge is -2.10. The molecule has 0 amide bonds. The van der Waals surface area contributed by atoms with E-state index in [2.05, 4.69) is 0 Å². The van der Waals surface area contributed by atoms with E-state index in [1.54, 1.807) is 0 Å². The molecule has 2 aromatic carbocycles. The first-order valence-corrected chi connectivity index (χ1v) is 6.19. The standard InChI is InChI=1S/C14H9ClFNO4/c1-8(18)14-11(16)3-2-4-13(14)21-9-5-6-12(17(19)20)10(15)7-9/h2-7H,1H3. The molecule has 0 saturated heterocycles. The fourth-order valence-corrected chi connectivity index (χ4v) is 2.00. The molecule has 2 aromatic rings. The van der Waals surface area contributed by atoms with E-state index >= 15 is 0 Å². The average molecular weight is 310 g/mol. The molecule has 0 spiro atoms. The molecule has 0 radical (unpaired) electrons. The number of halogens is 2. The van der Waals surface area contributed by atoms with Gasteiger partial charge in [0.2, 0.25) is 0 Å². The van der Waals surface area contributed by atoms with Crippen molar-refractivity contribution in [2.24, 2.45) is 0 Å². The van der Waals surface area contributed by atoms with Crippen LogP contribution < -0.4 is 4.74 Å². The molecule has 0 saturated carbocycles. The first kappa shape index (κ1) is 14.9. The zero-order valence-electron chi connectivity index (χ0n) is 10.8. The molecule has 0 fully saturated rings. The van der Waals surface area contributed by atoms with E-state index in [0.29, 0.717) is 0 Å². The van der Waals surface area contributed by atoms with Crippen molar-refractivity contribution in [3.8, 4) is 11.5 Å². The van der Waals surface area contributed by atoms with Gasteiger partial charge in [0, 0.05) is 12.1 Å². The highest BCUT2D eigenvalue weighted by Gasteiger charge is 2.17. The van der Waals surface area contributed by atoms with Crippen LogP contribution in [0, 0.1) is 15.9 Å². The van der Waals surface area contributed by atoms with Crippen LogP contribution in [0.25, 0.3) is 0 Å². The van der Waals surface area contributed by atoms with Crippen molar-refractivity contribution >= 4 is 23.1 Å². The molecule has 5 nitrogen and oxygen atoms in total. The van der Waals surface area contributed by atoms with Gasteiger partial charge < -0.3 is 4.74 Å². The number of ketones is 1. The summed E-state index contributed by atoms with van der Waals surface area (Å²) in [6.07, 6.45) is 0. The summed E-state index contributed by atoms with van der Waals surface area (Å²) in [5.41, 5.74) is -0.456. The number of hydrogen-bond donors (Lipinski definition) is 0. The second-order valence-corrected chi connectivity index (χ2v) is 4.55. The highest BCUT2D eigenvalue weighted by Crippen LogP contribution is 2.32. The van der Waals surface area contributed by atoms with Crippen molar-refractivity contribution in [2.75, 3.05) is 0 Å². The van der Waals surface area contributed by atoms with E-state index in [-0.39, 0.29) is 27.8 Å². The molecule has 0 heterocycles. The summed E-state index contributed by atoms with van der Waals surface area (Å²) in [5, 5.41) is 10.6. The molecule has 0 bridgehead atoms. The number of Topliss-reactive ketones (excluding diaryl/α,β-unsaturated/α-hetero) is 1. The Kier molecular flexibility index (Phi) is 4.18. The lowest BCUT2D eigenvalue weighted by atomic mass is 10.1. The molecular weight excluding hydrogens is 301 g/mol. The SMILES string of the molecule is CC(=O)c1c(F)cccc1Oc1ccc([N+](=O)[O-])c(Cl)c1. The van der Waals surface area contributed by atoms with Gasteiger partial charge in [-0.05, 0) is 25.1 Å². The summed E-state index contributed by atoms with van der Waals surface area (Å²) in [5.74, 6) is -1.00. The Morgan fingerprint density at radius 3 is 2.62 bits per heavy atom. The van der Waals surface area contributed by atoms with Crippen LogP contribution in [0.5, 0.6) is 11.5 Å². The van der Waals surface area contributed by atoms with Crippen LogP contribution in [0.4, 0.5) is 10.1 Å². The third-order valence-corrected chi connectivity index (χ3v) is 2.97. The van der Waals surface area contributed by atoms with Gasteiger partial charge in [-0.3, -0.25) is 14.9 Å². The summed E-state index contributed by atoms with van der Waals surface area (Å²) in [4.78, 5) is 21.5. The minimum absolute atomic E-state index is 0.0208. The van der Waals surface area contributed by atoms with Gasteiger partial charge in [0.1, 0.15) is 22.3 Å². The molecule has 21 heavy (non-hydrogen) atoms. The van der Waals surface area contributed by atoms with Crippen LogP contribution in [-0.4, -0.2) is 10.7 Å². The maximum Gasteiger partial charge on any atom is 0.288 e. The summed E-state index contributed by atoms with van der Waals surface area (Å²) < 4.78 is 19.0. The quantitative estimate of drug-likeness (QED) is 0.477. The zero-order chi connectivity index (χ0) is 15.6. The fourth-order valence-electron chi connectivity index (χ4n) is 1.76. The second-order valence-electron chi connectivity index (χ2n) is 4.14. The van der Waals surface area contributed by atoms with Crippen molar-refractivity contribution < 1.29 is 18.8 Å². The van der Waals surface area contributed by atoms with E-state index in [1.165, 1.54) is 37.3 Å². The van der Waals surface area contributed by atoms with Crippen molar-refractivity contribution in [1.29, 1.82) is 0 Å². The largest absolute Gasteiger partial charge is 0.456 e. The van der Waals surface area contributed by atoms with Gasteiger partial charge in [-0.1, -0.05) is 17.7 Å². The summed E-state index contributed by atoms with van der Waals surface area (Å²) in [6.45, 7) is 1.22. The lowest BCUT2D eigenvalue weighted by molar-refractivity contribution is -0.384. The molecule has 0 atom stereocenters. The van der Waals surface area contributed by atoms with Crippen LogP contribution in [-0.2, 0) is 0 Å². The second kappa shape index (κ2) is 5.88. The minimum Gasteiger partial charge on any atom is -0.456 e.